The van der Waals surface area contributed by atoms with Gasteiger partial charge in [0.05, 0.1) is 12.7 Å². The summed E-state index contributed by atoms with van der Waals surface area (Å²) in [6.45, 7) is 5.53. The van der Waals surface area contributed by atoms with Gasteiger partial charge in [-0.3, -0.25) is 4.79 Å². The van der Waals surface area contributed by atoms with Crippen LogP contribution in [0.25, 0.3) is 0 Å². The van der Waals surface area contributed by atoms with Crippen LogP contribution in [0, 0.1) is 13.8 Å². The molecule has 2 heterocycles. The molecule has 1 unspecified atom stereocenters. The van der Waals surface area contributed by atoms with Gasteiger partial charge in [0.1, 0.15) is 6.61 Å². The van der Waals surface area contributed by atoms with Gasteiger partial charge in [-0.05, 0) is 26.3 Å². The van der Waals surface area contributed by atoms with E-state index in [4.69, 9.17) is 9.47 Å². The molecule has 4 heteroatoms. The highest BCUT2D eigenvalue weighted by molar-refractivity contribution is 7.12. The van der Waals surface area contributed by atoms with Gasteiger partial charge >= 0.3 is 0 Å². The van der Waals surface area contributed by atoms with Crippen molar-refractivity contribution < 1.29 is 14.3 Å². The summed E-state index contributed by atoms with van der Waals surface area (Å²) in [5, 5.41) is 0. The number of aryl methyl sites for hydroxylation is 2. The highest BCUT2D eigenvalue weighted by Crippen LogP contribution is 2.21. The lowest BCUT2D eigenvalue weighted by molar-refractivity contribution is 0.0390. The van der Waals surface area contributed by atoms with Crippen LogP contribution in [-0.4, -0.2) is 31.7 Å². The molecule has 3 nitrogen and oxygen atoms in total. The van der Waals surface area contributed by atoms with E-state index < -0.39 is 0 Å². The summed E-state index contributed by atoms with van der Waals surface area (Å²) >= 11 is 1.65. The van der Waals surface area contributed by atoms with E-state index in [2.05, 4.69) is 0 Å². The maximum atomic E-state index is 11.9. The molecule has 0 saturated carbocycles. The molecule has 0 amide bonds. The first-order chi connectivity index (χ1) is 7.66. The summed E-state index contributed by atoms with van der Waals surface area (Å²) in [4.78, 5) is 14.1. The van der Waals surface area contributed by atoms with Crippen LogP contribution in [0.1, 0.15) is 26.5 Å². The molecule has 0 radical (unpaired) electrons. The highest BCUT2D eigenvalue weighted by Gasteiger charge is 2.19. The van der Waals surface area contributed by atoms with E-state index in [-0.39, 0.29) is 18.5 Å². The smallest absolute Gasteiger partial charge is 0.189 e. The topological polar surface area (TPSA) is 35.5 Å². The quantitative estimate of drug-likeness (QED) is 0.758. The molecular weight excluding hydrogens is 224 g/mol. The molecule has 0 aromatic carbocycles. The SMILES string of the molecule is Cc1cc(C(=O)COC2CCOC2)c(C)s1. The number of Topliss-reactive ketones (excluding diaryl/α,β-unsaturated/α-hetero) is 1. The van der Waals surface area contributed by atoms with Crippen molar-refractivity contribution in [2.24, 2.45) is 0 Å². The lowest BCUT2D eigenvalue weighted by Gasteiger charge is -2.08. The molecule has 1 atom stereocenters. The minimum atomic E-state index is 0.0775. The lowest BCUT2D eigenvalue weighted by atomic mass is 10.2. The zero-order valence-electron chi connectivity index (χ0n) is 9.62. The van der Waals surface area contributed by atoms with Crippen molar-refractivity contribution in [3.05, 3.63) is 21.4 Å². The summed E-state index contributed by atoms with van der Waals surface area (Å²) in [5.41, 5.74) is 0.807. The number of hydrogen-bond acceptors (Lipinski definition) is 4. The third-order valence-electron chi connectivity index (χ3n) is 2.68. The Balaban J connectivity index is 1.90. The van der Waals surface area contributed by atoms with Crippen molar-refractivity contribution in [2.75, 3.05) is 19.8 Å². The van der Waals surface area contributed by atoms with Crippen molar-refractivity contribution in [1.29, 1.82) is 0 Å². The molecule has 16 heavy (non-hydrogen) atoms. The molecule has 1 aromatic rings. The maximum absolute atomic E-state index is 11.9. The fourth-order valence-electron chi connectivity index (χ4n) is 1.82. The number of carbonyl (C=O) groups is 1. The van der Waals surface area contributed by atoms with Crippen LogP contribution in [0.15, 0.2) is 6.07 Å². The van der Waals surface area contributed by atoms with Gasteiger partial charge in [-0.1, -0.05) is 0 Å². The van der Waals surface area contributed by atoms with Crippen LogP contribution in [0.4, 0.5) is 0 Å². The van der Waals surface area contributed by atoms with Gasteiger partial charge < -0.3 is 9.47 Å². The number of ketones is 1. The van der Waals surface area contributed by atoms with E-state index in [1.807, 2.05) is 19.9 Å². The largest absolute Gasteiger partial charge is 0.379 e. The van der Waals surface area contributed by atoms with E-state index in [1.165, 1.54) is 4.88 Å². The van der Waals surface area contributed by atoms with Crippen LogP contribution in [0.2, 0.25) is 0 Å². The molecule has 1 aliphatic rings. The van der Waals surface area contributed by atoms with Crippen molar-refractivity contribution in [1.82, 2.24) is 0 Å². The predicted molar refractivity (Wildman–Crippen MR) is 63.3 cm³/mol. The first-order valence-electron chi connectivity index (χ1n) is 5.46. The monoisotopic (exact) mass is 240 g/mol. The maximum Gasteiger partial charge on any atom is 0.189 e. The van der Waals surface area contributed by atoms with Crippen molar-refractivity contribution in [3.8, 4) is 0 Å². The molecule has 1 aromatic heterocycles. The number of rotatable bonds is 4. The Bertz CT molecular complexity index is 378. The summed E-state index contributed by atoms with van der Waals surface area (Å²) in [6, 6.07) is 1.94. The minimum Gasteiger partial charge on any atom is -0.379 e. The summed E-state index contributed by atoms with van der Waals surface area (Å²) < 4.78 is 10.7. The zero-order chi connectivity index (χ0) is 11.5. The average molecular weight is 240 g/mol. The Morgan fingerprint density at radius 1 is 1.62 bits per heavy atom. The first-order valence-corrected chi connectivity index (χ1v) is 6.28. The van der Waals surface area contributed by atoms with Crippen LogP contribution in [0.3, 0.4) is 0 Å². The zero-order valence-corrected chi connectivity index (χ0v) is 10.4. The molecule has 2 rings (SSSR count). The second-order valence-electron chi connectivity index (χ2n) is 4.05. The second-order valence-corrected chi connectivity index (χ2v) is 5.51. The van der Waals surface area contributed by atoms with E-state index >= 15 is 0 Å². The fourth-order valence-corrected chi connectivity index (χ4v) is 2.77. The van der Waals surface area contributed by atoms with Crippen LogP contribution in [0.5, 0.6) is 0 Å². The average Bonchev–Trinajstić information content (AvgIpc) is 2.84. The fraction of sp³-hybridized carbons (Fsp3) is 0.583. The number of thiophene rings is 1. The Morgan fingerprint density at radius 2 is 2.44 bits per heavy atom. The standard InChI is InChI=1S/C12H16O3S/c1-8-5-11(9(2)16-8)12(13)7-15-10-3-4-14-6-10/h5,10H,3-4,6-7H2,1-2H3. The van der Waals surface area contributed by atoms with Gasteiger partial charge in [0.2, 0.25) is 0 Å². The summed E-state index contributed by atoms with van der Waals surface area (Å²) in [5.74, 6) is 0.0775. The van der Waals surface area contributed by atoms with E-state index in [0.717, 1.165) is 23.5 Å². The van der Waals surface area contributed by atoms with E-state index in [9.17, 15) is 4.79 Å². The molecule has 0 bridgehead atoms. The Kier molecular flexibility index (Phi) is 3.74. The Hall–Kier alpha value is -0.710. The van der Waals surface area contributed by atoms with Gasteiger partial charge in [0.25, 0.3) is 0 Å². The van der Waals surface area contributed by atoms with Crippen molar-refractivity contribution >= 4 is 17.1 Å². The molecule has 0 N–H and O–H groups in total. The number of carbonyl (C=O) groups excluding carboxylic acids is 1. The molecule has 88 valence electrons. The van der Waals surface area contributed by atoms with Gasteiger partial charge in [-0.2, -0.15) is 0 Å². The van der Waals surface area contributed by atoms with Gasteiger partial charge in [0.15, 0.2) is 5.78 Å². The highest BCUT2D eigenvalue weighted by atomic mass is 32.1. The summed E-state index contributed by atoms with van der Waals surface area (Å²) in [7, 11) is 0. The Labute approximate surface area is 99.4 Å². The van der Waals surface area contributed by atoms with Crippen molar-refractivity contribution in [3.63, 3.8) is 0 Å². The van der Waals surface area contributed by atoms with E-state index in [0.29, 0.717) is 6.61 Å². The lowest BCUT2D eigenvalue weighted by Crippen LogP contribution is -2.18. The number of ether oxygens (including phenoxy) is 2. The van der Waals surface area contributed by atoms with E-state index in [1.54, 1.807) is 11.3 Å². The third-order valence-corrected chi connectivity index (χ3v) is 3.65. The molecular formula is C12H16O3S. The first kappa shape index (κ1) is 11.8. The normalized spacial score (nSPS) is 20.2. The van der Waals surface area contributed by atoms with Crippen LogP contribution >= 0.6 is 11.3 Å². The van der Waals surface area contributed by atoms with Gasteiger partial charge in [-0.25, -0.2) is 0 Å². The van der Waals surface area contributed by atoms with Gasteiger partial charge in [-0.15, -0.1) is 11.3 Å². The molecule has 1 saturated heterocycles. The summed E-state index contributed by atoms with van der Waals surface area (Å²) in [6.07, 6.45) is 0.999. The van der Waals surface area contributed by atoms with Gasteiger partial charge in [0, 0.05) is 21.9 Å². The minimum absolute atomic E-state index is 0.0775. The molecule has 1 aliphatic heterocycles. The van der Waals surface area contributed by atoms with Crippen LogP contribution < -0.4 is 0 Å². The molecule has 0 aliphatic carbocycles. The molecule has 1 fully saturated rings. The van der Waals surface area contributed by atoms with Crippen LogP contribution in [-0.2, 0) is 9.47 Å². The third kappa shape index (κ3) is 2.70. The van der Waals surface area contributed by atoms with Crippen molar-refractivity contribution in [2.45, 2.75) is 26.4 Å². The number of hydrogen-bond donors (Lipinski definition) is 0. The second kappa shape index (κ2) is 5.08. The predicted octanol–water partition coefficient (Wildman–Crippen LogP) is 2.35. The Morgan fingerprint density at radius 3 is 3.00 bits per heavy atom. The molecule has 0 spiro atoms.